The zero-order valence-corrected chi connectivity index (χ0v) is 15.6. The van der Waals surface area contributed by atoms with Gasteiger partial charge in [0.1, 0.15) is 0 Å². The van der Waals surface area contributed by atoms with Crippen LogP contribution in [0.25, 0.3) is 11.3 Å². The minimum Gasteiger partial charge on any atom is -0.440 e. The maximum atomic E-state index is 12.8. The van der Waals surface area contributed by atoms with Crippen molar-refractivity contribution >= 4 is 27.3 Å². The molecule has 0 saturated heterocycles. The smallest absolute Gasteiger partial charge is 0.262 e. The van der Waals surface area contributed by atoms with E-state index in [-0.39, 0.29) is 4.90 Å². The molecule has 5 nitrogen and oxygen atoms in total. The largest absolute Gasteiger partial charge is 0.440 e. The average molecular weight is 389 g/mol. The molecular weight excluding hydrogens is 372 g/mol. The Morgan fingerprint density at radius 2 is 1.88 bits per heavy atom. The topological polar surface area (TPSA) is 72.2 Å². The van der Waals surface area contributed by atoms with Crippen LogP contribution in [0.4, 0.5) is 5.69 Å². The van der Waals surface area contributed by atoms with Gasteiger partial charge in [-0.1, -0.05) is 23.7 Å². The lowest BCUT2D eigenvalue weighted by Gasteiger charge is -2.11. The molecule has 0 radical (unpaired) electrons. The fraction of sp³-hybridized carbons (Fsp3) is 0.211. The number of sulfonamides is 1. The van der Waals surface area contributed by atoms with Gasteiger partial charge in [0.2, 0.25) is 0 Å². The molecule has 0 bridgehead atoms. The summed E-state index contributed by atoms with van der Waals surface area (Å²) in [5.41, 5.74) is 1.79. The molecule has 1 heterocycles. The second-order valence-corrected chi connectivity index (χ2v) is 8.52. The summed E-state index contributed by atoms with van der Waals surface area (Å²) >= 11 is 5.85. The number of nitrogens with zero attached hydrogens (tertiary/aromatic N) is 1. The Hall–Kier alpha value is -2.31. The number of aromatic nitrogens is 1. The maximum Gasteiger partial charge on any atom is 0.262 e. The Bertz CT molecular complexity index is 1050. The summed E-state index contributed by atoms with van der Waals surface area (Å²) in [5.74, 6) is 1.71. The third kappa shape index (κ3) is 3.48. The Balaban J connectivity index is 1.67. The van der Waals surface area contributed by atoms with Crippen LogP contribution in [0.3, 0.4) is 0 Å². The molecule has 0 atom stereocenters. The van der Waals surface area contributed by atoms with E-state index in [1.807, 2.05) is 6.07 Å². The molecular formula is C19H17ClN2O3S. The lowest BCUT2D eigenvalue weighted by atomic mass is 10.1. The summed E-state index contributed by atoms with van der Waals surface area (Å²) in [5, 5.41) is 0.544. The fourth-order valence-electron chi connectivity index (χ4n) is 2.71. The van der Waals surface area contributed by atoms with Gasteiger partial charge in [0.25, 0.3) is 10.0 Å². The monoisotopic (exact) mass is 388 g/mol. The molecule has 0 spiro atoms. The number of oxazole rings is 1. The van der Waals surface area contributed by atoms with Gasteiger partial charge in [-0.05, 0) is 55.7 Å². The van der Waals surface area contributed by atoms with E-state index in [9.17, 15) is 8.42 Å². The van der Waals surface area contributed by atoms with E-state index >= 15 is 0 Å². The van der Waals surface area contributed by atoms with Gasteiger partial charge in [-0.2, -0.15) is 0 Å². The first kappa shape index (κ1) is 17.1. The molecule has 1 aliphatic rings. The zero-order valence-electron chi connectivity index (χ0n) is 14.1. The maximum absolute atomic E-state index is 12.8. The van der Waals surface area contributed by atoms with E-state index in [0.717, 1.165) is 18.7 Å². The van der Waals surface area contributed by atoms with Gasteiger partial charge in [0.05, 0.1) is 11.1 Å². The molecule has 134 valence electrons. The van der Waals surface area contributed by atoms with Crippen molar-refractivity contribution in [1.29, 1.82) is 0 Å². The Morgan fingerprint density at radius 1 is 1.15 bits per heavy atom. The van der Waals surface area contributed by atoms with Crippen LogP contribution in [0.15, 0.2) is 58.0 Å². The predicted molar refractivity (Wildman–Crippen MR) is 101 cm³/mol. The van der Waals surface area contributed by atoms with Crippen molar-refractivity contribution in [1.82, 2.24) is 4.98 Å². The SMILES string of the molecule is Cc1ccc(-c2cnc(C3CC3)o2)cc1S(=O)(=O)Nc1ccc(Cl)cc1. The number of benzene rings is 2. The van der Waals surface area contributed by atoms with Gasteiger partial charge in [-0.15, -0.1) is 0 Å². The van der Waals surface area contributed by atoms with Crippen molar-refractivity contribution in [2.24, 2.45) is 0 Å². The molecule has 1 aromatic heterocycles. The van der Waals surface area contributed by atoms with E-state index in [0.29, 0.717) is 33.5 Å². The van der Waals surface area contributed by atoms with Gasteiger partial charge in [0, 0.05) is 22.2 Å². The molecule has 0 unspecified atom stereocenters. The number of hydrogen-bond acceptors (Lipinski definition) is 4. The standard InChI is InChI=1S/C19H17ClN2O3S/c1-12-2-3-14(17-11-21-19(25-17)13-4-5-13)10-18(12)26(23,24)22-16-8-6-15(20)7-9-16/h2-3,6-11,13,22H,4-5H2,1H3. The van der Waals surface area contributed by atoms with Crippen molar-refractivity contribution in [2.75, 3.05) is 4.72 Å². The van der Waals surface area contributed by atoms with Gasteiger partial charge >= 0.3 is 0 Å². The van der Waals surface area contributed by atoms with Gasteiger partial charge in [0.15, 0.2) is 11.7 Å². The molecule has 4 rings (SSSR count). The predicted octanol–water partition coefficient (Wildman–Crippen LogP) is 4.98. The lowest BCUT2D eigenvalue weighted by Crippen LogP contribution is -2.14. The van der Waals surface area contributed by atoms with E-state index in [4.69, 9.17) is 16.0 Å². The minimum absolute atomic E-state index is 0.203. The molecule has 1 fully saturated rings. The molecule has 0 amide bonds. The average Bonchev–Trinajstić information content (AvgIpc) is 3.34. The molecule has 7 heteroatoms. The highest BCUT2D eigenvalue weighted by atomic mass is 35.5. The van der Waals surface area contributed by atoms with Crippen LogP contribution in [0.1, 0.15) is 30.2 Å². The highest BCUT2D eigenvalue weighted by molar-refractivity contribution is 7.92. The Labute approximate surface area is 157 Å². The summed E-state index contributed by atoms with van der Waals surface area (Å²) < 4.78 is 34.0. The normalized spacial score (nSPS) is 14.4. The molecule has 2 aromatic carbocycles. The molecule has 1 saturated carbocycles. The number of aryl methyl sites for hydroxylation is 1. The highest BCUT2D eigenvalue weighted by Crippen LogP contribution is 2.40. The summed E-state index contributed by atoms with van der Waals surface area (Å²) in [6, 6.07) is 11.7. The van der Waals surface area contributed by atoms with Crippen molar-refractivity contribution < 1.29 is 12.8 Å². The van der Waals surface area contributed by atoms with Crippen molar-refractivity contribution in [2.45, 2.75) is 30.6 Å². The van der Waals surface area contributed by atoms with Gasteiger partial charge < -0.3 is 4.42 Å². The number of rotatable bonds is 5. The number of nitrogens with one attached hydrogen (secondary N) is 1. The van der Waals surface area contributed by atoms with Crippen LogP contribution in [-0.2, 0) is 10.0 Å². The van der Waals surface area contributed by atoms with Gasteiger partial charge in [-0.25, -0.2) is 13.4 Å². The summed E-state index contributed by atoms with van der Waals surface area (Å²) in [6.07, 6.45) is 3.85. The van der Waals surface area contributed by atoms with Gasteiger partial charge in [-0.3, -0.25) is 4.72 Å². The molecule has 0 aliphatic heterocycles. The summed E-state index contributed by atoms with van der Waals surface area (Å²) in [4.78, 5) is 4.50. The number of hydrogen-bond donors (Lipinski definition) is 1. The van der Waals surface area contributed by atoms with Crippen molar-refractivity contribution in [3.8, 4) is 11.3 Å². The first-order chi connectivity index (χ1) is 12.4. The van der Waals surface area contributed by atoms with Crippen molar-refractivity contribution in [3.05, 3.63) is 65.1 Å². The third-order valence-electron chi connectivity index (χ3n) is 4.31. The second kappa shape index (κ2) is 6.45. The van der Waals surface area contributed by atoms with Crippen LogP contribution >= 0.6 is 11.6 Å². The summed E-state index contributed by atoms with van der Waals surface area (Å²) in [6.45, 7) is 1.76. The van der Waals surface area contributed by atoms with Crippen LogP contribution < -0.4 is 4.72 Å². The Kier molecular flexibility index (Phi) is 4.25. The summed E-state index contributed by atoms with van der Waals surface area (Å²) in [7, 11) is -3.74. The third-order valence-corrected chi connectivity index (χ3v) is 6.08. The molecule has 1 N–H and O–H groups in total. The molecule has 3 aromatic rings. The molecule has 1 aliphatic carbocycles. The van der Waals surface area contributed by atoms with Crippen LogP contribution in [0.2, 0.25) is 5.02 Å². The van der Waals surface area contributed by atoms with E-state index in [2.05, 4.69) is 9.71 Å². The fourth-order valence-corrected chi connectivity index (χ4v) is 4.17. The second-order valence-electron chi connectivity index (χ2n) is 6.43. The van der Waals surface area contributed by atoms with Crippen LogP contribution in [-0.4, -0.2) is 13.4 Å². The van der Waals surface area contributed by atoms with Crippen LogP contribution in [0.5, 0.6) is 0 Å². The minimum atomic E-state index is -3.74. The lowest BCUT2D eigenvalue weighted by molar-refractivity contribution is 0.509. The quantitative estimate of drug-likeness (QED) is 0.668. The first-order valence-electron chi connectivity index (χ1n) is 8.27. The van der Waals surface area contributed by atoms with E-state index in [1.165, 1.54) is 0 Å². The van der Waals surface area contributed by atoms with E-state index < -0.39 is 10.0 Å². The zero-order chi connectivity index (χ0) is 18.3. The molecule has 26 heavy (non-hydrogen) atoms. The van der Waals surface area contributed by atoms with Crippen molar-refractivity contribution in [3.63, 3.8) is 0 Å². The van der Waals surface area contributed by atoms with E-state index in [1.54, 1.807) is 49.5 Å². The Morgan fingerprint density at radius 3 is 2.58 bits per heavy atom. The number of anilines is 1. The first-order valence-corrected chi connectivity index (χ1v) is 10.1. The number of halogens is 1. The van der Waals surface area contributed by atoms with Crippen LogP contribution in [0, 0.1) is 6.92 Å². The highest BCUT2D eigenvalue weighted by Gasteiger charge is 2.29.